The predicted molar refractivity (Wildman–Crippen MR) is 94.5 cm³/mol. The van der Waals surface area contributed by atoms with Crippen LogP contribution >= 0.6 is 0 Å². The topological polar surface area (TPSA) is 78.8 Å². The fourth-order valence-electron chi connectivity index (χ4n) is 1.95. The molecule has 0 aromatic heterocycles. The van der Waals surface area contributed by atoms with Gasteiger partial charge in [-0.15, -0.1) is 0 Å². The molecule has 2 aromatic carbocycles. The van der Waals surface area contributed by atoms with E-state index in [0.29, 0.717) is 11.4 Å². The molecule has 0 bridgehead atoms. The third-order valence-electron chi connectivity index (χ3n) is 3.07. The maximum absolute atomic E-state index is 12.6. The second kappa shape index (κ2) is 7.27. The van der Waals surface area contributed by atoms with Crippen LogP contribution in [0.5, 0.6) is 0 Å². The van der Waals surface area contributed by atoms with Crippen molar-refractivity contribution in [3.8, 4) is 0 Å². The predicted octanol–water partition coefficient (Wildman–Crippen LogP) is 2.70. The maximum atomic E-state index is 12.6. The highest BCUT2D eigenvalue weighted by Gasteiger charge is 2.17. The Bertz CT molecular complexity index is 840. The first kappa shape index (κ1) is 17.7. The number of carbonyl (C=O) groups excluding carboxylic acids is 1. The maximum Gasteiger partial charge on any atom is 0.221 e. The van der Waals surface area contributed by atoms with E-state index in [1.807, 2.05) is 14.1 Å². The molecule has 0 aliphatic rings. The highest BCUT2D eigenvalue weighted by molar-refractivity contribution is 7.91. The van der Waals surface area contributed by atoms with Gasteiger partial charge in [0.2, 0.25) is 15.7 Å². The number of carbonyl (C=O) groups is 1. The number of sulfone groups is 1. The van der Waals surface area contributed by atoms with Gasteiger partial charge >= 0.3 is 0 Å². The number of amides is 1. The molecule has 0 saturated heterocycles. The molecular weight excluding hydrogens is 326 g/mol. The van der Waals surface area contributed by atoms with Crippen molar-refractivity contribution in [1.29, 1.82) is 0 Å². The third-order valence-corrected chi connectivity index (χ3v) is 4.86. The standard InChI is InChI=1S/C17H19N3O3S/c1-13(21)19-15-6-10-17(11-7-15)24(22,23)16-8-4-14(5-9-16)18-12-20(2)3/h4-12H,1-3H3,(H,19,21). The summed E-state index contributed by atoms with van der Waals surface area (Å²) in [5.41, 5.74) is 1.22. The molecule has 2 rings (SSSR count). The molecular formula is C17H19N3O3S. The van der Waals surface area contributed by atoms with Crippen molar-refractivity contribution < 1.29 is 13.2 Å². The largest absolute Gasteiger partial charge is 0.369 e. The van der Waals surface area contributed by atoms with E-state index in [9.17, 15) is 13.2 Å². The van der Waals surface area contributed by atoms with Gasteiger partial charge in [-0.2, -0.15) is 0 Å². The third kappa shape index (κ3) is 4.42. The molecule has 0 fully saturated rings. The summed E-state index contributed by atoms with van der Waals surface area (Å²) < 4.78 is 25.2. The summed E-state index contributed by atoms with van der Waals surface area (Å²) in [7, 11) is 0.101. The van der Waals surface area contributed by atoms with Crippen LogP contribution in [0, 0.1) is 0 Å². The fraction of sp³-hybridized carbons (Fsp3) is 0.176. The first-order valence-electron chi connectivity index (χ1n) is 7.22. The van der Waals surface area contributed by atoms with E-state index in [4.69, 9.17) is 0 Å². The van der Waals surface area contributed by atoms with Crippen LogP contribution in [0.15, 0.2) is 63.3 Å². The van der Waals surface area contributed by atoms with E-state index in [1.54, 1.807) is 35.5 Å². The van der Waals surface area contributed by atoms with Gasteiger partial charge in [-0.05, 0) is 48.5 Å². The van der Waals surface area contributed by atoms with Crippen LogP contribution in [0.2, 0.25) is 0 Å². The number of hydrogen-bond donors (Lipinski definition) is 1. The zero-order valence-corrected chi connectivity index (χ0v) is 14.5. The van der Waals surface area contributed by atoms with E-state index in [-0.39, 0.29) is 15.7 Å². The Morgan fingerprint density at radius 1 is 1.00 bits per heavy atom. The number of nitrogens with zero attached hydrogens (tertiary/aromatic N) is 2. The van der Waals surface area contributed by atoms with Gasteiger partial charge in [0.1, 0.15) is 0 Å². The molecule has 7 heteroatoms. The number of aliphatic imine (C=N–C) groups is 1. The van der Waals surface area contributed by atoms with Crippen molar-refractivity contribution in [2.75, 3.05) is 19.4 Å². The van der Waals surface area contributed by atoms with Gasteiger partial charge in [-0.3, -0.25) is 4.79 Å². The van der Waals surface area contributed by atoms with Crippen LogP contribution in [-0.4, -0.2) is 39.7 Å². The van der Waals surface area contributed by atoms with Gasteiger partial charge in [-0.1, -0.05) is 0 Å². The van der Waals surface area contributed by atoms with Crippen molar-refractivity contribution in [2.45, 2.75) is 16.7 Å². The number of anilines is 1. The lowest BCUT2D eigenvalue weighted by Gasteiger charge is -2.07. The summed E-state index contributed by atoms with van der Waals surface area (Å²) in [6.07, 6.45) is 1.64. The van der Waals surface area contributed by atoms with Gasteiger partial charge in [-0.25, -0.2) is 13.4 Å². The lowest BCUT2D eigenvalue weighted by atomic mass is 10.3. The van der Waals surface area contributed by atoms with Crippen molar-refractivity contribution in [1.82, 2.24) is 4.90 Å². The second-order valence-corrected chi connectivity index (χ2v) is 7.36. The van der Waals surface area contributed by atoms with E-state index in [2.05, 4.69) is 10.3 Å². The first-order valence-corrected chi connectivity index (χ1v) is 8.71. The molecule has 0 atom stereocenters. The number of hydrogen-bond acceptors (Lipinski definition) is 4. The summed E-state index contributed by atoms with van der Waals surface area (Å²) in [5, 5.41) is 2.60. The monoisotopic (exact) mass is 345 g/mol. The molecule has 0 unspecified atom stereocenters. The quantitative estimate of drug-likeness (QED) is 0.667. The summed E-state index contributed by atoms with van der Waals surface area (Å²) >= 11 is 0. The van der Waals surface area contributed by atoms with Gasteiger partial charge in [0.15, 0.2) is 0 Å². The highest BCUT2D eigenvalue weighted by atomic mass is 32.2. The molecule has 126 valence electrons. The smallest absolute Gasteiger partial charge is 0.221 e. The molecule has 6 nitrogen and oxygen atoms in total. The molecule has 0 aliphatic carbocycles. The molecule has 2 aromatic rings. The van der Waals surface area contributed by atoms with Gasteiger partial charge < -0.3 is 10.2 Å². The number of rotatable bonds is 5. The fourth-order valence-corrected chi connectivity index (χ4v) is 3.21. The molecule has 0 aliphatic heterocycles. The summed E-state index contributed by atoms with van der Waals surface area (Å²) in [4.78, 5) is 17.4. The zero-order chi connectivity index (χ0) is 17.7. The summed E-state index contributed by atoms with van der Waals surface area (Å²) in [6, 6.07) is 12.4. The van der Waals surface area contributed by atoms with E-state index in [1.165, 1.54) is 31.2 Å². The summed E-state index contributed by atoms with van der Waals surface area (Å²) in [6.45, 7) is 1.39. The summed E-state index contributed by atoms with van der Waals surface area (Å²) in [5.74, 6) is -0.209. The second-order valence-electron chi connectivity index (χ2n) is 5.41. The van der Waals surface area contributed by atoms with Crippen LogP contribution in [0.4, 0.5) is 11.4 Å². The lowest BCUT2D eigenvalue weighted by Crippen LogP contribution is -2.07. The molecule has 1 N–H and O–H groups in total. The number of nitrogens with one attached hydrogen (secondary N) is 1. The van der Waals surface area contributed by atoms with Crippen LogP contribution in [0.3, 0.4) is 0 Å². The van der Waals surface area contributed by atoms with Crippen LogP contribution in [0.1, 0.15) is 6.92 Å². The van der Waals surface area contributed by atoms with Crippen molar-refractivity contribution in [3.05, 3.63) is 48.5 Å². The minimum Gasteiger partial charge on any atom is -0.369 e. The minimum atomic E-state index is -3.61. The SMILES string of the molecule is CC(=O)Nc1ccc(S(=O)(=O)c2ccc(N=CN(C)C)cc2)cc1. The first-order chi connectivity index (χ1) is 11.3. The van der Waals surface area contributed by atoms with Gasteiger partial charge in [0.05, 0.1) is 21.8 Å². The Morgan fingerprint density at radius 2 is 1.50 bits per heavy atom. The molecule has 0 heterocycles. The van der Waals surface area contributed by atoms with Crippen LogP contribution < -0.4 is 5.32 Å². The molecule has 1 amide bonds. The minimum absolute atomic E-state index is 0.168. The Labute approximate surface area is 141 Å². The Kier molecular flexibility index (Phi) is 5.35. The lowest BCUT2D eigenvalue weighted by molar-refractivity contribution is -0.114. The number of benzene rings is 2. The van der Waals surface area contributed by atoms with Crippen LogP contribution in [-0.2, 0) is 14.6 Å². The highest BCUT2D eigenvalue weighted by Crippen LogP contribution is 2.24. The van der Waals surface area contributed by atoms with E-state index in [0.717, 1.165) is 0 Å². The van der Waals surface area contributed by atoms with E-state index < -0.39 is 9.84 Å². The van der Waals surface area contributed by atoms with Crippen molar-refractivity contribution in [2.24, 2.45) is 4.99 Å². The van der Waals surface area contributed by atoms with Crippen molar-refractivity contribution in [3.63, 3.8) is 0 Å². The average Bonchev–Trinajstić information content (AvgIpc) is 2.53. The average molecular weight is 345 g/mol. The zero-order valence-electron chi connectivity index (χ0n) is 13.7. The molecule has 24 heavy (non-hydrogen) atoms. The normalized spacial score (nSPS) is 11.5. The molecule has 0 saturated carbocycles. The Balaban J connectivity index is 2.25. The van der Waals surface area contributed by atoms with Gasteiger partial charge in [0.25, 0.3) is 0 Å². The Hall–Kier alpha value is -2.67. The van der Waals surface area contributed by atoms with Gasteiger partial charge in [0, 0.05) is 26.7 Å². The molecule has 0 spiro atoms. The molecule has 0 radical (unpaired) electrons. The Morgan fingerprint density at radius 3 is 1.96 bits per heavy atom. The van der Waals surface area contributed by atoms with Crippen molar-refractivity contribution >= 4 is 33.5 Å². The van der Waals surface area contributed by atoms with Crippen LogP contribution in [0.25, 0.3) is 0 Å². The van der Waals surface area contributed by atoms with E-state index >= 15 is 0 Å².